The predicted octanol–water partition coefficient (Wildman–Crippen LogP) is 0.588. The molecule has 1 N–H and O–H groups in total. The summed E-state index contributed by atoms with van der Waals surface area (Å²) in [5, 5.41) is 8.95. The Morgan fingerprint density at radius 2 is 2.11 bits per heavy atom. The highest BCUT2D eigenvalue weighted by Gasteiger charge is 2.42. The van der Waals surface area contributed by atoms with E-state index in [-0.39, 0.29) is 11.8 Å². The molecular weight excluding hydrogens is 246 g/mol. The van der Waals surface area contributed by atoms with Gasteiger partial charge in [0, 0.05) is 38.6 Å². The van der Waals surface area contributed by atoms with Crippen LogP contribution in [0.5, 0.6) is 0 Å². The molecule has 6 nitrogen and oxygen atoms in total. The van der Waals surface area contributed by atoms with Gasteiger partial charge in [-0.05, 0) is 12.8 Å². The van der Waals surface area contributed by atoms with Crippen LogP contribution in [0.15, 0.2) is 18.6 Å². The number of carboxylic acids is 1. The van der Waals surface area contributed by atoms with Crippen LogP contribution in [0.1, 0.15) is 18.5 Å². The van der Waals surface area contributed by atoms with E-state index in [1.807, 2.05) is 0 Å². The molecule has 1 fully saturated rings. The first kappa shape index (κ1) is 13.5. The first-order valence-electron chi connectivity index (χ1n) is 6.32. The lowest BCUT2D eigenvalue weighted by atomic mass is 9.73. The lowest BCUT2D eigenvalue weighted by Crippen LogP contribution is -2.45. The van der Waals surface area contributed by atoms with E-state index in [1.54, 1.807) is 30.5 Å². The number of nitrogens with zero attached hydrogens (tertiary/aromatic N) is 3. The first-order valence-corrected chi connectivity index (χ1v) is 6.32. The van der Waals surface area contributed by atoms with Crippen LogP contribution in [-0.2, 0) is 16.0 Å². The van der Waals surface area contributed by atoms with E-state index in [2.05, 4.69) is 9.97 Å². The van der Waals surface area contributed by atoms with Gasteiger partial charge >= 0.3 is 5.97 Å². The summed E-state index contributed by atoms with van der Waals surface area (Å²) in [6.45, 7) is 0.528. The van der Waals surface area contributed by atoms with Crippen LogP contribution in [0.25, 0.3) is 0 Å². The summed E-state index contributed by atoms with van der Waals surface area (Å²) in [4.78, 5) is 32.7. The normalized spacial score (nSPS) is 21.5. The summed E-state index contributed by atoms with van der Waals surface area (Å²) in [6, 6.07) is 0. The molecule has 1 aliphatic carbocycles. The van der Waals surface area contributed by atoms with Crippen molar-refractivity contribution in [1.29, 1.82) is 0 Å². The Bertz CT molecular complexity index is 463. The van der Waals surface area contributed by atoms with Gasteiger partial charge in [-0.2, -0.15) is 0 Å². The average molecular weight is 263 g/mol. The number of hydrogen-bond acceptors (Lipinski definition) is 4. The molecule has 0 aliphatic heterocycles. The SMILES string of the molecule is CN(CCc1cnccn1)C(=O)C1CCC1C(=O)O. The molecule has 2 unspecified atom stereocenters. The molecule has 0 saturated heterocycles. The van der Waals surface area contributed by atoms with Gasteiger partial charge in [0.05, 0.1) is 17.5 Å². The quantitative estimate of drug-likeness (QED) is 0.840. The van der Waals surface area contributed by atoms with Gasteiger partial charge in [-0.15, -0.1) is 0 Å². The molecule has 0 bridgehead atoms. The molecule has 1 aromatic heterocycles. The maximum atomic E-state index is 12.1. The fourth-order valence-electron chi connectivity index (χ4n) is 2.23. The van der Waals surface area contributed by atoms with E-state index in [9.17, 15) is 9.59 Å². The maximum absolute atomic E-state index is 12.1. The van der Waals surface area contributed by atoms with Crippen molar-refractivity contribution in [3.05, 3.63) is 24.3 Å². The Morgan fingerprint density at radius 3 is 2.63 bits per heavy atom. The molecule has 1 amide bonds. The molecule has 2 atom stereocenters. The highest BCUT2D eigenvalue weighted by atomic mass is 16.4. The number of amides is 1. The van der Waals surface area contributed by atoms with Crippen LogP contribution in [0, 0.1) is 11.8 Å². The van der Waals surface area contributed by atoms with E-state index in [4.69, 9.17) is 5.11 Å². The highest BCUT2D eigenvalue weighted by Crippen LogP contribution is 2.35. The van der Waals surface area contributed by atoms with Crippen LogP contribution in [0.3, 0.4) is 0 Å². The molecule has 0 aromatic carbocycles. The predicted molar refractivity (Wildman–Crippen MR) is 67.2 cm³/mol. The minimum Gasteiger partial charge on any atom is -0.481 e. The second-order valence-electron chi connectivity index (χ2n) is 4.84. The Hall–Kier alpha value is -1.98. The minimum absolute atomic E-state index is 0.0810. The maximum Gasteiger partial charge on any atom is 0.307 e. The van der Waals surface area contributed by atoms with Gasteiger partial charge in [-0.3, -0.25) is 19.6 Å². The first-order chi connectivity index (χ1) is 9.09. The third-order valence-corrected chi connectivity index (χ3v) is 3.60. The summed E-state index contributed by atoms with van der Waals surface area (Å²) in [6.07, 6.45) is 6.78. The van der Waals surface area contributed by atoms with Gasteiger partial charge in [0.2, 0.25) is 5.91 Å². The molecule has 1 aromatic rings. The van der Waals surface area contributed by atoms with E-state index in [0.717, 1.165) is 5.69 Å². The van der Waals surface area contributed by atoms with Crippen molar-refractivity contribution in [2.45, 2.75) is 19.3 Å². The van der Waals surface area contributed by atoms with E-state index < -0.39 is 11.9 Å². The highest BCUT2D eigenvalue weighted by molar-refractivity contribution is 5.86. The van der Waals surface area contributed by atoms with Crippen LogP contribution in [-0.4, -0.2) is 45.4 Å². The van der Waals surface area contributed by atoms with Crippen molar-refractivity contribution < 1.29 is 14.7 Å². The molecule has 1 aliphatic rings. The van der Waals surface area contributed by atoms with Crippen molar-refractivity contribution in [2.24, 2.45) is 11.8 Å². The molecule has 2 rings (SSSR count). The smallest absolute Gasteiger partial charge is 0.307 e. The van der Waals surface area contributed by atoms with Crippen LogP contribution < -0.4 is 0 Å². The van der Waals surface area contributed by atoms with Gasteiger partial charge in [-0.25, -0.2) is 0 Å². The van der Waals surface area contributed by atoms with Crippen molar-refractivity contribution >= 4 is 11.9 Å². The Labute approximate surface area is 111 Å². The number of aliphatic carboxylic acids is 1. The number of rotatable bonds is 5. The van der Waals surface area contributed by atoms with E-state index >= 15 is 0 Å². The minimum atomic E-state index is -0.869. The van der Waals surface area contributed by atoms with Crippen LogP contribution in [0.2, 0.25) is 0 Å². The fraction of sp³-hybridized carbons (Fsp3) is 0.538. The number of likely N-dealkylation sites (N-methyl/N-ethyl adjacent to an activating group) is 1. The monoisotopic (exact) mass is 263 g/mol. The Kier molecular flexibility index (Phi) is 4.09. The van der Waals surface area contributed by atoms with Crippen LogP contribution in [0.4, 0.5) is 0 Å². The summed E-state index contributed by atoms with van der Waals surface area (Å²) in [5.41, 5.74) is 0.825. The number of aromatic nitrogens is 2. The van der Waals surface area contributed by atoms with Gasteiger partial charge < -0.3 is 10.0 Å². The zero-order valence-corrected chi connectivity index (χ0v) is 10.8. The van der Waals surface area contributed by atoms with E-state index in [1.165, 1.54) is 0 Å². The molecule has 1 saturated carbocycles. The largest absolute Gasteiger partial charge is 0.481 e. The second kappa shape index (κ2) is 5.77. The average Bonchev–Trinajstić information content (AvgIpc) is 2.35. The Balaban J connectivity index is 1.85. The molecule has 6 heteroatoms. The standard InChI is InChI=1S/C13H17N3O3/c1-16(7-4-9-8-14-5-6-15-9)12(17)10-2-3-11(10)13(18)19/h5-6,8,10-11H,2-4,7H2,1H3,(H,18,19). The third kappa shape index (κ3) is 3.07. The topological polar surface area (TPSA) is 83.4 Å². The van der Waals surface area contributed by atoms with Crippen LogP contribution >= 0.6 is 0 Å². The number of carbonyl (C=O) groups is 2. The van der Waals surface area contributed by atoms with Gasteiger partial charge in [-0.1, -0.05) is 0 Å². The third-order valence-electron chi connectivity index (χ3n) is 3.60. The van der Waals surface area contributed by atoms with Gasteiger partial charge in [0.1, 0.15) is 0 Å². The van der Waals surface area contributed by atoms with Crippen molar-refractivity contribution in [2.75, 3.05) is 13.6 Å². The molecule has 0 spiro atoms. The van der Waals surface area contributed by atoms with Crippen molar-refractivity contribution in [1.82, 2.24) is 14.9 Å². The summed E-state index contributed by atoms with van der Waals surface area (Å²) in [7, 11) is 1.70. The van der Waals surface area contributed by atoms with Crippen molar-refractivity contribution in [3.63, 3.8) is 0 Å². The lowest BCUT2D eigenvalue weighted by Gasteiger charge is -2.34. The summed E-state index contributed by atoms with van der Waals surface area (Å²) >= 11 is 0. The number of carboxylic acid groups (broad SMARTS) is 1. The fourth-order valence-corrected chi connectivity index (χ4v) is 2.23. The molecule has 19 heavy (non-hydrogen) atoms. The second-order valence-corrected chi connectivity index (χ2v) is 4.84. The van der Waals surface area contributed by atoms with Gasteiger partial charge in [0.25, 0.3) is 0 Å². The Morgan fingerprint density at radius 1 is 1.37 bits per heavy atom. The molecule has 0 radical (unpaired) electrons. The lowest BCUT2D eigenvalue weighted by molar-refractivity contribution is -0.156. The summed E-state index contributed by atoms with van der Waals surface area (Å²) in [5.74, 6) is -1.81. The zero-order chi connectivity index (χ0) is 13.8. The zero-order valence-electron chi connectivity index (χ0n) is 10.8. The number of hydrogen-bond donors (Lipinski definition) is 1. The molecule has 102 valence electrons. The summed E-state index contributed by atoms with van der Waals surface area (Å²) < 4.78 is 0. The van der Waals surface area contributed by atoms with E-state index in [0.29, 0.717) is 25.8 Å². The molecular formula is C13H17N3O3. The number of carbonyl (C=O) groups excluding carboxylic acids is 1. The van der Waals surface area contributed by atoms with Crippen molar-refractivity contribution in [3.8, 4) is 0 Å². The van der Waals surface area contributed by atoms with Gasteiger partial charge in [0.15, 0.2) is 0 Å². The molecule has 1 heterocycles.